The van der Waals surface area contributed by atoms with Crippen LogP contribution in [-0.2, 0) is 0 Å². The van der Waals surface area contributed by atoms with E-state index in [1.54, 1.807) is 0 Å². The number of aliphatic hydroxyl groups excluding tert-OH is 1. The van der Waals surface area contributed by atoms with Gasteiger partial charge in [-0.2, -0.15) is 5.10 Å². The first-order chi connectivity index (χ1) is 6.33. The van der Waals surface area contributed by atoms with Gasteiger partial charge in [-0.05, 0) is 5.57 Å². The fourth-order valence-electron chi connectivity index (χ4n) is 1.71. The van der Waals surface area contributed by atoms with Crippen LogP contribution in [-0.4, -0.2) is 30.0 Å². The molecule has 0 saturated carbocycles. The number of fused-ring (bicyclic) bond motifs is 1. The maximum atomic E-state index is 9.61. The van der Waals surface area contributed by atoms with E-state index >= 15 is 0 Å². The largest absolute Gasteiger partial charge is 0.387 e. The summed E-state index contributed by atoms with van der Waals surface area (Å²) in [5.41, 5.74) is 9.31. The van der Waals surface area contributed by atoms with Crippen LogP contribution in [0.2, 0.25) is 0 Å². The molecule has 1 heterocycles. The highest BCUT2D eigenvalue weighted by Gasteiger charge is 2.30. The topological polar surface area (TPSA) is 70.6 Å². The molecule has 1 aliphatic carbocycles. The van der Waals surface area contributed by atoms with Crippen molar-refractivity contribution in [2.75, 3.05) is 6.54 Å². The molecule has 2 aliphatic rings. The molecule has 0 radical (unpaired) electrons. The Bertz CT molecular complexity index is 283. The van der Waals surface area contributed by atoms with E-state index in [0.29, 0.717) is 0 Å². The molecule has 2 rings (SSSR count). The lowest BCUT2D eigenvalue weighted by Gasteiger charge is -2.24. The molecule has 0 aromatic carbocycles. The van der Waals surface area contributed by atoms with Crippen LogP contribution in [0.25, 0.3) is 0 Å². The molecule has 70 valence electrons. The molecule has 4 N–H and O–H groups in total. The minimum Gasteiger partial charge on any atom is -0.387 e. The molecule has 3 atom stereocenters. The van der Waals surface area contributed by atoms with Crippen LogP contribution in [0.5, 0.6) is 0 Å². The van der Waals surface area contributed by atoms with Crippen molar-refractivity contribution in [2.45, 2.75) is 12.1 Å². The summed E-state index contributed by atoms with van der Waals surface area (Å²) in [6.07, 6.45) is 7.14. The number of hydrogen-bond acceptors (Lipinski definition) is 4. The second kappa shape index (κ2) is 3.32. The van der Waals surface area contributed by atoms with Crippen molar-refractivity contribution >= 4 is 6.21 Å². The van der Waals surface area contributed by atoms with Crippen molar-refractivity contribution < 1.29 is 5.11 Å². The van der Waals surface area contributed by atoms with Crippen molar-refractivity contribution in [3.8, 4) is 0 Å². The van der Waals surface area contributed by atoms with E-state index in [-0.39, 0.29) is 18.5 Å². The third-order valence-electron chi connectivity index (χ3n) is 2.45. The highest BCUT2D eigenvalue weighted by atomic mass is 16.3. The van der Waals surface area contributed by atoms with Gasteiger partial charge in [-0.15, -0.1) is 0 Å². The SMILES string of the molecule is NCC(O)C1=CC=CC2NN=CC12. The van der Waals surface area contributed by atoms with E-state index in [2.05, 4.69) is 10.5 Å². The summed E-state index contributed by atoms with van der Waals surface area (Å²) in [6, 6.07) is 0.196. The fraction of sp³-hybridized carbons (Fsp3) is 0.444. The van der Waals surface area contributed by atoms with Gasteiger partial charge in [0.2, 0.25) is 0 Å². The van der Waals surface area contributed by atoms with Crippen molar-refractivity contribution in [3.63, 3.8) is 0 Å². The van der Waals surface area contributed by atoms with E-state index < -0.39 is 6.10 Å². The molecular weight excluding hydrogens is 166 g/mol. The molecule has 4 nitrogen and oxygen atoms in total. The normalized spacial score (nSPS) is 32.3. The zero-order valence-electron chi connectivity index (χ0n) is 7.22. The summed E-state index contributed by atoms with van der Waals surface area (Å²) < 4.78 is 0. The number of rotatable bonds is 2. The summed E-state index contributed by atoms with van der Waals surface area (Å²) in [4.78, 5) is 0. The lowest BCUT2D eigenvalue weighted by molar-refractivity contribution is 0.208. The molecule has 0 aromatic heterocycles. The van der Waals surface area contributed by atoms with Gasteiger partial charge in [0.25, 0.3) is 0 Å². The molecule has 4 heteroatoms. The molecule has 0 fully saturated rings. The van der Waals surface area contributed by atoms with Gasteiger partial charge in [-0.1, -0.05) is 18.2 Å². The van der Waals surface area contributed by atoms with E-state index in [4.69, 9.17) is 5.73 Å². The number of nitrogens with zero attached hydrogens (tertiary/aromatic N) is 1. The first-order valence-corrected chi connectivity index (χ1v) is 4.38. The Labute approximate surface area is 76.8 Å². The van der Waals surface area contributed by atoms with Crippen LogP contribution >= 0.6 is 0 Å². The Balaban J connectivity index is 2.21. The highest BCUT2D eigenvalue weighted by molar-refractivity contribution is 5.70. The summed E-state index contributed by atoms with van der Waals surface area (Å²) >= 11 is 0. The molecule has 0 amide bonds. The molecule has 0 spiro atoms. The first-order valence-electron chi connectivity index (χ1n) is 4.38. The van der Waals surface area contributed by atoms with Crippen LogP contribution < -0.4 is 11.2 Å². The van der Waals surface area contributed by atoms with Gasteiger partial charge in [0, 0.05) is 18.7 Å². The molecule has 3 unspecified atom stereocenters. The molecular formula is C9H13N3O. The quantitative estimate of drug-likeness (QED) is 0.529. The molecule has 0 saturated heterocycles. The lowest BCUT2D eigenvalue weighted by atomic mass is 9.86. The maximum Gasteiger partial charge on any atom is 0.0882 e. The van der Waals surface area contributed by atoms with Crippen LogP contribution in [0, 0.1) is 5.92 Å². The Kier molecular flexibility index (Phi) is 2.16. The fourth-order valence-corrected chi connectivity index (χ4v) is 1.71. The van der Waals surface area contributed by atoms with Gasteiger partial charge < -0.3 is 16.3 Å². The summed E-state index contributed by atoms with van der Waals surface area (Å²) in [5, 5.41) is 13.6. The number of allylic oxidation sites excluding steroid dienone is 2. The Hall–Kier alpha value is -1.13. The predicted octanol–water partition coefficient (Wildman–Crippen LogP) is -0.624. The zero-order chi connectivity index (χ0) is 9.26. The number of hydrogen-bond donors (Lipinski definition) is 3. The second-order valence-electron chi connectivity index (χ2n) is 3.26. The standard InChI is InChI=1S/C9H13N3O/c10-4-9(13)6-2-1-3-8-7(6)5-11-12-8/h1-3,5,7-9,12-13H,4,10H2. The number of nitrogens with two attached hydrogens (primary N) is 1. The van der Waals surface area contributed by atoms with Crippen LogP contribution in [0.3, 0.4) is 0 Å². The maximum absolute atomic E-state index is 9.61. The van der Waals surface area contributed by atoms with E-state index in [1.807, 2.05) is 24.4 Å². The minimum atomic E-state index is -0.552. The number of hydrazone groups is 1. The van der Waals surface area contributed by atoms with Crippen molar-refractivity contribution in [1.29, 1.82) is 0 Å². The number of aliphatic hydroxyl groups is 1. The average molecular weight is 179 g/mol. The molecule has 0 bridgehead atoms. The lowest BCUT2D eigenvalue weighted by Crippen LogP contribution is -2.35. The third kappa shape index (κ3) is 1.38. The van der Waals surface area contributed by atoms with Crippen LogP contribution in [0.1, 0.15) is 0 Å². The van der Waals surface area contributed by atoms with Gasteiger partial charge in [0.1, 0.15) is 0 Å². The van der Waals surface area contributed by atoms with Crippen LogP contribution in [0.4, 0.5) is 0 Å². The monoisotopic (exact) mass is 179 g/mol. The zero-order valence-corrected chi connectivity index (χ0v) is 7.22. The summed E-state index contributed by atoms with van der Waals surface area (Å²) in [7, 11) is 0. The Morgan fingerprint density at radius 3 is 3.31 bits per heavy atom. The summed E-state index contributed by atoms with van der Waals surface area (Å²) in [5.74, 6) is 0.170. The van der Waals surface area contributed by atoms with E-state index in [0.717, 1.165) is 5.57 Å². The van der Waals surface area contributed by atoms with Gasteiger partial charge >= 0.3 is 0 Å². The number of nitrogens with one attached hydrogen (secondary N) is 1. The van der Waals surface area contributed by atoms with Gasteiger partial charge in [-0.3, -0.25) is 0 Å². The Morgan fingerprint density at radius 1 is 1.69 bits per heavy atom. The van der Waals surface area contributed by atoms with Gasteiger partial charge in [0.05, 0.1) is 12.1 Å². The van der Waals surface area contributed by atoms with Crippen molar-refractivity contribution in [3.05, 3.63) is 23.8 Å². The van der Waals surface area contributed by atoms with Crippen LogP contribution in [0.15, 0.2) is 28.9 Å². The predicted molar refractivity (Wildman–Crippen MR) is 51.2 cm³/mol. The molecule has 0 aromatic rings. The van der Waals surface area contributed by atoms with Crippen molar-refractivity contribution in [2.24, 2.45) is 16.8 Å². The minimum absolute atomic E-state index is 0.170. The highest BCUT2D eigenvalue weighted by Crippen LogP contribution is 2.24. The third-order valence-corrected chi connectivity index (χ3v) is 2.45. The van der Waals surface area contributed by atoms with Gasteiger partial charge in [-0.25, -0.2) is 0 Å². The first kappa shape index (κ1) is 8.47. The van der Waals surface area contributed by atoms with E-state index in [9.17, 15) is 5.11 Å². The van der Waals surface area contributed by atoms with Gasteiger partial charge in [0.15, 0.2) is 0 Å². The Morgan fingerprint density at radius 2 is 2.54 bits per heavy atom. The molecule has 1 aliphatic heterocycles. The summed E-state index contributed by atoms with van der Waals surface area (Å²) in [6.45, 7) is 0.261. The average Bonchev–Trinajstić information content (AvgIpc) is 2.63. The van der Waals surface area contributed by atoms with Crippen molar-refractivity contribution in [1.82, 2.24) is 5.43 Å². The molecule has 13 heavy (non-hydrogen) atoms. The second-order valence-corrected chi connectivity index (χ2v) is 3.26. The van der Waals surface area contributed by atoms with E-state index in [1.165, 1.54) is 0 Å². The smallest absolute Gasteiger partial charge is 0.0882 e.